The van der Waals surface area contributed by atoms with Gasteiger partial charge in [0.25, 0.3) is 0 Å². The highest BCUT2D eigenvalue weighted by molar-refractivity contribution is 5.76. The van der Waals surface area contributed by atoms with Crippen LogP contribution in [0.2, 0.25) is 0 Å². The Labute approximate surface area is 120 Å². The molecule has 0 aliphatic rings. The van der Waals surface area contributed by atoms with Crippen molar-refractivity contribution in [3.8, 4) is 0 Å². The van der Waals surface area contributed by atoms with Gasteiger partial charge in [-0.15, -0.1) is 0 Å². The van der Waals surface area contributed by atoms with E-state index in [1.165, 1.54) is 0 Å². The molecule has 1 aromatic rings. The highest BCUT2D eigenvalue weighted by Crippen LogP contribution is 2.24. The fraction of sp³-hybridized carbons (Fsp3) is 0.562. The van der Waals surface area contributed by atoms with Crippen LogP contribution in [0.15, 0.2) is 30.3 Å². The van der Waals surface area contributed by atoms with E-state index in [2.05, 4.69) is 5.32 Å². The average Bonchev–Trinajstić information content (AvgIpc) is 2.49. The van der Waals surface area contributed by atoms with Gasteiger partial charge in [-0.3, -0.25) is 4.79 Å². The smallest absolute Gasteiger partial charge is 0.312 e. The lowest BCUT2D eigenvalue weighted by Crippen LogP contribution is -2.39. The van der Waals surface area contributed by atoms with Crippen molar-refractivity contribution in [3.63, 3.8) is 0 Å². The number of benzene rings is 1. The Bertz CT molecular complexity index is 393. The molecular formula is C16H25NO3. The normalized spacial score (nSPS) is 13.2. The van der Waals surface area contributed by atoms with Crippen LogP contribution < -0.4 is 5.32 Å². The van der Waals surface area contributed by atoms with Gasteiger partial charge < -0.3 is 15.5 Å². The third-order valence-electron chi connectivity index (χ3n) is 4.18. The zero-order chi connectivity index (χ0) is 15.0. The molecule has 1 unspecified atom stereocenters. The maximum atomic E-state index is 11.4. The van der Waals surface area contributed by atoms with Gasteiger partial charge in [-0.25, -0.2) is 0 Å². The molecule has 0 aromatic heterocycles. The minimum Gasteiger partial charge on any atom is -0.481 e. The summed E-state index contributed by atoms with van der Waals surface area (Å²) in [5.74, 6) is -1.38. The Kier molecular flexibility index (Phi) is 6.68. The topological polar surface area (TPSA) is 69.6 Å². The Morgan fingerprint density at radius 1 is 1.25 bits per heavy atom. The fourth-order valence-electron chi connectivity index (χ4n) is 2.29. The Morgan fingerprint density at radius 2 is 1.85 bits per heavy atom. The summed E-state index contributed by atoms with van der Waals surface area (Å²) in [5, 5.41) is 22.1. The van der Waals surface area contributed by atoms with Crippen molar-refractivity contribution in [2.45, 2.75) is 32.6 Å². The van der Waals surface area contributed by atoms with Crippen molar-refractivity contribution in [2.24, 2.45) is 5.41 Å². The predicted molar refractivity (Wildman–Crippen MR) is 79.8 cm³/mol. The molecule has 1 rings (SSSR count). The summed E-state index contributed by atoms with van der Waals surface area (Å²) in [7, 11) is 0. The van der Waals surface area contributed by atoms with Crippen LogP contribution in [-0.2, 0) is 4.79 Å². The van der Waals surface area contributed by atoms with Gasteiger partial charge in [0.05, 0.1) is 5.92 Å². The molecule has 0 saturated heterocycles. The quantitative estimate of drug-likeness (QED) is 0.648. The lowest BCUT2D eigenvalue weighted by molar-refractivity contribution is -0.138. The number of aliphatic hydroxyl groups is 1. The third kappa shape index (κ3) is 4.32. The second-order valence-electron chi connectivity index (χ2n) is 5.30. The van der Waals surface area contributed by atoms with E-state index in [4.69, 9.17) is 0 Å². The van der Waals surface area contributed by atoms with Gasteiger partial charge in [-0.1, -0.05) is 44.2 Å². The maximum absolute atomic E-state index is 11.4. The van der Waals surface area contributed by atoms with Crippen LogP contribution in [0, 0.1) is 5.41 Å². The Morgan fingerprint density at radius 3 is 2.30 bits per heavy atom. The van der Waals surface area contributed by atoms with Crippen LogP contribution in [0.4, 0.5) is 0 Å². The van der Waals surface area contributed by atoms with E-state index < -0.39 is 11.9 Å². The third-order valence-corrected chi connectivity index (χ3v) is 4.18. The summed E-state index contributed by atoms with van der Waals surface area (Å²) in [4.78, 5) is 11.4. The molecule has 0 aliphatic heterocycles. The summed E-state index contributed by atoms with van der Waals surface area (Å²) < 4.78 is 0. The summed E-state index contributed by atoms with van der Waals surface area (Å²) in [6.45, 7) is 5.23. The first kappa shape index (κ1) is 16.7. The van der Waals surface area contributed by atoms with E-state index in [1.54, 1.807) is 0 Å². The fourth-order valence-corrected chi connectivity index (χ4v) is 2.29. The zero-order valence-electron chi connectivity index (χ0n) is 12.3. The highest BCUT2D eigenvalue weighted by Gasteiger charge is 2.26. The van der Waals surface area contributed by atoms with Crippen molar-refractivity contribution in [1.29, 1.82) is 0 Å². The molecule has 0 aliphatic carbocycles. The number of carboxylic acid groups (broad SMARTS) is 1. The number of carbonyl (C=O) groups is 1. The molecule has 0 bridgehead atoms. The Balaban J connectivity index is 2.63. The minimum absolute atomic E-state index is 0.121. The first-order valence-corrected chi connectivity index (χ1v) is 7.18. The zero-order valence-corrected chi connectivity index (χ0v) is 12.3. The number of carboxylic acids is 1. The van der Waals surface area contributed by atoms with E-state index in [-0.39, 0.29) is 12.0 Å². The molecule has 4 heteroatoms. The minimum atomic E-state index is -0.828. The van der Waals surface area contributed by atoms with Gasteiger partial charge in [0, 0.05) is 25.1 Å². The molecule has 0 spiro atoms. The van der Waals surface area contributed by atoms with Crippen molar-refractivity contribution in [1.82, 2.24) is 5.32 Å². The molecule has 0 saturated carbocycles. The molecule has 0 amide bonds. The number of nitrogens with one attached hydrogen (secondary N) is 1. The summed E-state index contributed by atoms with van der Waals surface area (Å²) in [6.07, 6.45) is 1.74. The largest absolute Gasteiger partial charge is 0.481 e. The van der Waals surface area contributed by atoms with E-state index in [9.17, 15) is 15.0 Å². The number of aliphatic carboxylic acids is 1. The van der Waals surface area contributed by atoms with Crippen LogP contribution in [0.5, 0.6) is 0 Å². The van der Waals surface area contributed by atoms with Crippen molar-refractivity contribution < 1.29 is 15.0 Å². The number of aliphatic hydroxyl groups excluding tert-OH is 1. The summed E-state index contributed by atoms with van der Waals surface area (Å²) >= 11 is 0. The molecular weight excluding hydrogens is 254 g/mol. The van der Waals surface area contributed by atoms with Crippen LogP contribution in [0.25, 0.3) is 0 Å². The monoisotopic (exact) mass is 279 g/mol. The highest BCUT2D eigenvalue weighted by atomic mass is 16.4. The number of hydrogen-bond acceptors (Lipinski definition) is 3. The van der Waals surface area contributed by atoms with Crippen LogP contribution in [-0.4, -0.2) is 35.9 Å². The van der Waals surface area contributed by atoms with Gasteiger partial charge in [-0.05, 0) is 18.4 Å². The molecule has 0 heterocycles. The number of rotatable bonds is 9. The summed E-state index contributed by atoms with van der Waals surface area (Å²) in [5.41, 5.74) is 0.648. The molecule has 0 radical (unpaired) electrons. The molecule has 1 atom stereocenters. The van der Waals surface area contributed by atoms with E-state index in [0.717, 1.165) is 18.4 Å². The molecule has 1 aromatic carbocycles. The van der Waals surface area contributed by atoms with Crippen molar-refractivity contribution in [3.05, 3.63) is 35.9 Å². The van der Waals surface area contributed by atoms with Crippen molar-refractivity contribution in [2.75, 3.05) is 19.7 Å². The van der Waals surface area contributed by atoms with E-state index in [0.29, 0.717) is 13.1 Å². The van der Waals surface area contributed by atoms with Gasteiger partial charge in [0.1, 0.15) is 0 Å². The second-order valence-corrected chi connectivity index (χ2v) is 5.30. The maximum Gasteiger partial charge on any atom is 0.312 e. The summed E-state index contributed by atoms with van der Waals surface area (Å²) in [6, 6.07) is 9.24. The molecule has 112 valence electrons. The van der Waals surface area contributed by atoms with Crippen molar-refractivity contribution >= 4 is 5.97 Å². The lowest BCUT2D eigenvalue weighted by Gasteiger charge is -2.30. The number of hydrogen-bond donors (Lipinski definition) is 3. The molecule has 3 N–H and O–H groups in total. The standard InChI is InChI=1S/C16H25NO3/c1-3-16(4-2,12-18)11-17-10-14(15(19)20)13-8-6-5-7-9-13/h5-9,14,17-18H,3-4,10-12H2,1-2H3,(H,19,20). The van der Waals surface area contributed by atoms with Gasteiger partial charge in [-0.2, -0.15) is 0 Å². The molecule has 20 heavy (non-hydrogen) atoms. The first-order chi connectivity index (χ1) is 9.58. The predicted octanol–water partition coefficient (Wildman–Crippen LogP) is 2.24. The van der Waals surface area contributed by atoms with Crippen LogP contribution in [0.3, 0.4) is 0 Å². The van der Waals surface area contributed by atoms with Gasteiger partial charge in [0.2, 0.25) is 0 Å². The SMILES string of the molecule is CCC(CC)(CO)CNCC(C(=O)O)c1ccccc1. The van der Waals surface area contributed by atoms with Crippen LogP contribution in [0.1, 0.15) is 38.2 Å². The van der Waals surface area contributed by atoms with E-state index in [1.807, 2.05) is 44.2 Å². The molecule has 4 nitrogen and oxygen atoms in total. The van der Waals surface area contributed by atoms with Gasteiger partial charge >= 0.3 is 5.97 Å². The second kappa shape index (κ2) is 8.02. The first-order valence-electron chi connectivity index (χ1n) is 7.18. The molecule has 0 fully saturated rings. The van der Waals surface area contributed by atoms with Gasteiger partial charge in [0.15, 0.2) is 0 Å². The van der Waals surface area contributed by atoms with E-state index >= 15 is 0 Å². The van der Waals surface area contributed by atoms with Crippen LogP contribution >= 0.6 is 0 Å². The lowest BCUT2D eigenvalue weighted by atomic mass is 9.83. The average molecular weight is 279 g/mol. The Hall–Kier alpha value is -1.39.